The average Bonchev–Trinajstić information content (AvgIpc) is 2.98. The Morgan fingerprint density at radius 2 is 1.88 bits per heavy atom. The van der Waals surface area contributed by atoms with Crippen LogP contribution in [-0.4, -0.2) is 36.8 Å². The Hall–Kier alpha value is -2.19. The van der Waals surface area contributed by atoms with Crippen molar-refractivity contribution >= 4 is 16.0 Å². The molecule has 2 aromatic rings. The summed E-state index contributed by atoms with van der Waals surface area (Å²) in [5.41, 5.74) is 0.752. The molecule has 1 aliphatic heterocycles. The van der Waals surface area contributed by atoms with Crippen molar-refractivity contribution in [3.8, 4) is 0 Å². The van der Waals surface area contributed by atoms with Crippen LogP contribution in [0.3, 0.4) is 0 Å². The second kappa shape index (κ2) is 7.59. The second-order valence-electron chi connectivity index (χ2n) is 6.29. The van der Waals surface area contributed by atoms with E-state index in [0.29, 0.717) is 18.8 Å². The van der Waals surface area contributed by atoms with E-state index in [1.165, 1.54) is 16.4 Å². The SMILES string of the molecule is Cc1nc(COC(=O)c2ccccc2S(=O)(=O)N2CCCCC2)oc1C. The first-order chi connectivity index (χ1) is 12.4. The lowest BCUT2D eigenvalue weighted by atomic mass is 10.2. The maximum absolute atomic E-state index is 12.9. The van der Waals surface area contributed by atoms with Crippen LogP contribution in [0.2, 0.25) is 0 Å². The number of aryl methyl sites for hydroxylation is 2. The number of carbonyl (C=O) groups is 1. The number of benzene rings is 1. The van der Waals surface area contributed by atoms with Crippen LogP contribution in [0, 0.1) is 13.8 Å². The molecule has 0 unspecified atom stereocenters. The molecule has 7 nitrogen and oxygen atoms in total. The maximum Gasteiger partial charge on any atom is 0.340 e. The van der Waals surface area contributed by atoms with Gasteiger partial charge in [0, 0.05) is 13.1 Å². The summed E-state index contributed by atoms with van der Waals surface area (Å²) in [5, 5.41) is 0. The number of rotatable bonds is 5. The van der Waals surface area contributed by atoms with Gasteiger partial charge in [0.05, 0.1) is 16.2 Å². The van der Waals surface area contributed by atoms with Gasteiger partial charge in [0.15, 0.2) is 6.61 Å². The molecule has 0 aliphatic carbocycles. The van der Waals surface area contributed by atoms with Crippen molar-refractivity contribution < 1.29 is 22.4 Å². The molecule has 0 bridgehead atoms. The molecule has 1 fully saturated rings. The highest BCUT2D eigenvalue weighted by molar-refractivity contribution is 7.89. The van der Waals surface area contributed by atoms with Crippen molar-refractivity contribution in [3.63, 3.8) is 0 Å². The Morgan fingerprint density at radius 3 is 2.54 bits per heavy atom. The summed E-state index contributed by atoms with van der Waals surface area (Å²) in [4.78, 5) is 16.6. The van der Waals surface area contributed by atoms with Crippen LogP contribution in [0.15, 0.2) is 33.6 Å². The molecule has 0 spiro atoms. The van der Waals surface area contributed by atoms with E-state index >= 15 is 0 Å². The largest absolute Gasteiger partial charge is 0.452 e. The molecule has 26 heavy (non-hydrogen) atoms. The third-order valence-electron chi connectivity index (χ3n) is 4.44. The van der Waals surface area contributed by atoms with Crippen LogP contribution < -0.4 is 0 Å². The van der Waals surface area contributed by atoms with Gasteiger partial charge < -0.3 is 9.15 Å². The van der Waals surface area contributed by atoms with Crippen molar-refractivity contribution in [3.05, 3.63) is 47.2 Å². The quantitative estimate of drug-likeness (QED) is 0.743. The summed E-state index contributed by atoms with van der Waals surface area (Å²) in [6, 6.07) is 6.13. The second-order valence-corrected chi connectivity index (χ2v) is 8.19. The fourth-order valence-electron chi connectivity index (χ4n) is 2.91. The summed E-state index contributed by atoms with van der Waals surface area (Å²) < 4.78 is 37.9. The van der Waals surface area contributed by atoms with Gasteiger partial charge in [-0.3, -0.25) is 0 Å². The minimum Gasteiger partial charge on any atom is -0.452 e. The number of hydrogen-bond acceptors (Lipinski definition) is 6. The number of oxazole rings is 1. The molecule has 0 saturated carbocycles. The molecule has 0 N–H and O–H groups in total. The highest BCUT2D eigenvalue weighted by atomic mass is 32.2. The molecule has 8 heteroatoms. The summed E-state index contributed by atoms with van der Waals surface area (Å²) >= 11 is 0. The number of nitrogens with zero attached hydrogens (tertiary/aromatic N) is 2. The minimum absolute atomic E-state index is 0.0216. The number of piperidine rings is 1. The molecule has 2 heterocycles. The zero-order valence-corrected chi connectivity index (χ0v) is 15.7. The van der Waals surface area contributed by atoms with Crippen LogP contribution in [0.25, 0.3) is 0 Å². The van der Waals surface area contributed by atoms with E-state index in [9.17, 15) is 13.2 Å². The zero-order chi connectivity index (χ0) is 18.7. The first-order valence-corrected chi connectivity index (χ1v) is 10.0. The molecule has 1 aliphatic rings. The topological polar surface area (TPSA) is 89.7 Å². The van der Waals surface area contributed by atoms with Gasteiger partial charge in [0.2, 0.25) is 15.9 Å². The first kappa shape index (κ1) is 18.6. The molecule has 140 valence electrons. The Bertz CT molecular complexity index is 879. The minimum atomic E-state index is -3.73. The predicted molar refractivity (Wildman–Crippen MR) is 94.1 cm³/mol. The van der Waals surface area contributed by atoms with Gasteiger partial charge in [-0.05, 0) is 38.8 Å². The van der Waals surface area contributed by atoms with Gasteiger partial charge in [-0.1, -0.05) is 18.6 Å². The third-order valence-corrected chi connectivity index (χ3v) is 6.40. The standard InChI is InChI=1S/C18H22N2O5S/c1-13-14(2)25-17(19-13)12-24-18(21)15-8-4-5-9-16(15)26(22,23)20-10-6-3-7-11-20/h4-5,8-9H,3,6-7,10-12H2,1-2H3. The number of esters is 1. The van der Waals surface area contributed by atoms with Gasteiger partial charge in [0.25, 0.3) is 0 Å². The van der Waals surface area contributed by atoms with E-state index in [0.717, 1.165) is 25.0 Å². The van der Waals surface area contributed by atoms with E-state index in [-0.39, 0.29) is 23.0 Å². The molecule has 0 amide bonds. The van der Waals surface area contributed by atoms with Crippen molar-refractivity contribution in [2.24, 2.45) is 0 Å². The highest BCUT2D eigenvalue weighted by Gasteiger charge is 2.30. The molecule has 0 atom stereocenters. The lowest BCUT2D eigenvalue weighted by molar-refractivity contribution is 0.0432. The van der Waals surface area contributed by atoms with E-state index in [1.54, 1.807) is 26.0 Å². The molecular formula is C18H22N2O5S. The van der Waals surface area contributed by atoms with Crippen LogP contribution >= 0.6 is 0 Å². The number of aromatic nitrogens is 1. The Morgan fingerprint density at radius 1 is 1.19 bits per heavy atom. The highest BCUT2D eigenvalue weighted by Crippen LogP contribution is 2.24. The van der Waals surface area contributed by atoms with E-state index in [2.05, 4.69) is 4.98 Å². The van der Waals surface area contributed by atoms with Crippen LogP contribution in [0.1, 0.15) is 47.0 Å². The molecular weight excluding hydrogens is 356 g/mol. The third kappa shape index (κ3) is 3.81. The lowest BCUT2D eigenvalue weighted by Crippen LogP contribution is -2.36. The van der Waals surface area contributed by atoms with Gasteiger partial charge in [-0.2, -0.15) is 4.31 Å². The van der Waals surface area contributed by atoms with Crippen molar-refractivity contribution in [2.45, 2.75) is 44.6 Å². The van der Waals surface area contributed by atoms with Crippen LogP contribution in [0.4, 0.5) is 0 Å². The van der Waals surface area contributed by atoms with Crippen molar-refractivity contribution in [2.75, 3.05) is 13.1 Å². The molecule has 3 rings (SSSR count). The van der Waals surface area contributed by atoms with E-state index in [1.807, 2.05) is 0 Å². The number of hydrogen-bond donors (Lipinski definition) is 0. The van der Waals surface area contributed by atoms with Crippen molar-refractivity contribution in [1.82, 2.24) is 9.29 Å². The number of ether oxygens (including phenoxy) is 1. The molecule has 0 radical (unpaired) electrons. The molecule has 1 aromatic heterocycles. The molecule has 1 saturated heterocycles. The van der Waals surface area contributed by atoms with Gasteiger partial charge in [-0.15, -0.1) is 0 Å². The van der Waals surface area contributed by atoms with Crippen molar-refractivity contribution in [1.29, 1.82) is 0 Å². The summed E-state index contributed by atoms with van der Waals surface area (Å²) in [5.74, 6) is 0.225. The predicted octanol–water partition coefficient (Wildman–Crippen LogP) is 2.82. The van der Waals surface area contributed by atoms with Gasteiger partial charge in [0.1, 0.15) is 5.76 Å². The summed E-state index contributed by atoms with van der Waals surface area (Å²) in [7, 11) is -3.73. The van der Waals surface area contributed by atoms with Gasteiger partial charge >= 0.3 is 5.97 Å². The summed E-state index contributed by atoms with van der Waals surface area (Å²) in [6.07, 6.45) is 2.67. The van der Waals surface area contributed by atoms with Gasteiger partial charge in [-0.25, -0.2) is 18.2 Å². The van der Waals surface area contributed by atoms with E-state index in [4.69, 9.17) is 9.15 Å². The Labute approximate surface area is 153 Å². The monoisotopic (exact) mass is 378 g/mol. The maximum atomic E-state index is 12.9. The fourth-order valence-corrected chi connectivity index (χ4v) is 4.61. The number of carbonyl (C=O) groups excluding carboxylic acids is 1. The fraction of sp³-hybridized carbons (Fsp3) is 0.444. The van der Waals surface area contributed by atoms with E-state index < -0.39 is 16.0 Å². The van der Waals surface area contributed by atoms with Crippen LogP contribution in [0.5, 0.6) is 0 Å². The smallest absolute Gasteiger partial charge is 0.340 e. The summed E-state index contributed by atoms with van der Waals surface area (Å²) in [6.45, 7) is 4.37. The Kier molecular flexibility index (Phi) is 5.43. The zero-order valence-electron chi connectivity index (χ0n) is 14.9. The normalized spacial score (nSPS) is 15.8. The first-order valence-electron chi connectivity index (χ1n) is 8.59. The Balaban J connectivity index is 1.80. The lowest BCUT2D eigenvalue weighted by Gasteiger charge is -2.26. The molecule has 1 aromatic carbocycles. The number of sulfonamides is 1. The average molecular weight is 378 g/mol. The van der Waals surface area contributed by atoms with Crippen LogP contribution in [-0.2, 0) is 21.4 Å².